The second kappa shape index (κ2) is 11.0. The highest BCUT2D eigenvalue weighted by atomic mass is 16.5. The molecule has 0 radical (unpaired) electrons. The quantitative estimate of drug-likeness (QED) is 0.306. The van der Waals surface area contributed by atoms with E-state index in [1.807, 2.05) is 48.5 Å². The lowest BCUT2D eigenvalue weighted by Crippen LogP contribution is -2.25. The average molecular weight is 482 g/mol. The van der Waals surface area contributed by atoms with Crippen LogP contribution < -0.4 is 15.4 Å². The van der Waals surface area contributed by atoms with Crippen molar-refractivity contribution < 1.29 is 19.4 Å². The van der Waals surface area contributed by atoms with Gasteiger partial charge in [-0.15, -0.1) is 0 Å². The molecule has 0 spiro atoms. The van der Waals surface area contributed by atoms with Crippen molar-refractivity contribution >= 4 is 17.9 Å². The molecule has 0 aromatic heterocycles. The standard InChI is InChI=1S/C28H39N3O4/c1-9-35-24-13-19(18(14-29)10-20(24)26(34)30-8)15-31-16-23(32)17-11-21(27(2,3)4)25(33)22(12-17)28(5,6)7/h10-14,29,31,33H,9,15-16H2,1-8H3,(H,30,34). The highest BCUT2D eigenvalue weighted by Crippen LogP contribution is 2.39. The van der Waals surface area contributed by atoms with Crippen molar-refractivity contribution in [3.8, 4) is 11.5 Å². The first-order valence-electron chi connectivity index (χ1n) is 11.9. The summed E-state index contributed by atoms with van der Waals surface area (Å²) in [4.78, 5) is 25.4. The maximum atomic E-state index is 13.1. The van der Waals surface area contributed by atoms with Gasteiger partial charge in [-0.3, -0.25) is 9.59 Å². The van der Waals surface area contributed by atoms with Gasteiger partial charge < -0.3 is 25.9 Å². The van der Waals surface area contributed by atoms with Crippen LogP contribution in [0.25, 0.3) is 0 Å². The molecule has 190 valence electrons. The predicted octanol–water partition coefficient (Wildman–Crippen LogP) is 4.72. The Labute approximate surface area is 208 Å². The molecule has 2 aromatic carbocycles. The van der Waals surface area contributed by atoms with E-state index in [-0.39, 0.29) is 34.8 Å². The number of hydrogen-bond acceptors (Lipinski definition) is 6. The molecule has 0 heterocycles. The van der Waals surface area contributed by atoms with E-state index >= 15 is 0 Å². The molecule has 35 heavy (non-hydrogen) atoms. The third-order valence-corrected chi connectivity index (χ3v) is 5.82. The van der Waals surface area contributed by atoms with Gasteiger partial charge in [0.05, 0.1) is 18.7 Å². The van der Waals surface area contributed by atoms with Crippen LogP contribution in [-0.2, 0) is 17.4 Å². The van der Waals surface area contributed by atoms with Crippen molar-refractivity contribution in [2.75, 3.05) is 20.2 Å². The second-order valence-electron chi connectivity index (χ2n) is 10.7. The molecule has 2 rings (SSSR count). The number of rotatable bonds is 9. The van der Waals surface area contributed by atoms with Crippen LogP contribution in [-0.4, -0.2) is 43.2 Å². The van der Waals surface area contributed by atoms with Crippen LogP contribution in [0.5, 0.6) is 11.5 Å². The SMILES string of the molecule is CCOc1cc(CNCC(=O)c2cc(C(C)(C)C)c(O)c(C(C)(C)C)c2)c(C=N)cc1C(=O)NC. The molecule has 0 aliphatic carbocycles. The van der Waals surface area contributed by atoms with E-state index < -0.39 is 0 Å². The van der Waals surface area contributed by atoms with Gasteiger partial charge in [0.15, 0.2) is 5.78 Å². The lowest BCUT2D eigenvalue weighted by Gasteiger charge is -2.28. The van der Waals surface area contributed by atoms with Gasteiger partial charge in [-0.1, -0.05) is 41.5 Å². The van der Waals surface area contributed by atoms with E-state index in [0.29, 0.717) is 35.6 Å². The van der Waals surface area contributed by atoms with Crippen LogP contribution >= 0.6 is 0 Å². The van der Waals surface area contributed by atoms with Crippen molar-refractivity contribution in [3.05, 3.63) is 57.6 Å². The van der Waals surface area contributed by atoms with E-state index in [4.69, 9.17) is 10.1 Å². The minimum atomic E-state index is -0.325. The van der Waals surface area contributed by atoms with E-state index in [1.165, 1.54) is 6.21 Å². The van der Waals surface area contributed by atoms with Crippen LogP contribution in [0.3, 0.4) is 0 Å². The summed E-state index contributed by atoms with van der Waals surface area (Å²) in [6.07, 6.45) is 1.19. The maximum absolute atomic E-state index is 13.1. The van der Waals surface area contributed by atoms with E-state index in [1.54, 1.807) is 31.3 Å². The largest absolute Gasteiger partial charge is 0.507 e. The Hall–Kier alpha value is -3.19. The van der Waals surface area contributed by atoms with Gasteiger partial charge in [-0.25, -0.2) is 0 Å². The number of hydrogen-bond donors (Lipinski definition) is 4. The fourth-order valence-corrected chi connectivity index (χ4v) is 3.86. The minimum Gasteiger partial charge on any atom is -0.507 e. The number of benzene rings is 2. The number of nitrogens with one attached hydrogen (secondary N) is 3. The Morgan fingerprint density at radius 2 is 1.60 bits per heavy atom. The van der Waals surface area contributed by atoms with Crippen molar-refractivity contribution in [1.29, 1.82) is 5.41 Å². The molecule has 0 fully saturated rings. The molecule has 0 bridgehead atoms. The molecule has 0 aliphatic heterocycles. The molecule has 0 saturated carbocycles. The fourth-order valence-electron chi connectivity index (χ4n) is 3.86. The van der Waals surface area contributed by atoms with Crippen LogP contribution in [0.15, 0.2) is 24.3 Å². The van der Waals surface area contributed by atoms with Gasteiger partial charge in [0, 0.05) is 36.5 Å². The minimum absolute atomic E-state index is 0.0799. The number of phenols is 1. The topological polar surface area (TPSA) is 112 Å². The molecule has 0 saturated heterocycles. The first kappa shape index (κ1) is 28.1. The van der Waals surface area contributed by atoms with Crippen LogP contribution in [0.1, 0.15) is 91.4 Å². The summed E-state index contributed by atoms with van der Waals surface area (Å²) in [6.45, 7) is 14.7. The summed E-state index contributed by atoms with van der Waals surface area (Å²) in [5.41, 5.74) is 3.06. The number of aromatic hydroxyl groups is 1. The highest BCUT2D eigenvalue weighted by Gasteiger charge is 2.27. The second-order valence-corrected chi connectivity index (χ2v) is 10.7. The monoisotopic (exact) mass is 481 g/mol. The van der Waals surface area contributed by atoms with Crippen LogP contribution in [0, 0.1) is 5.41 Å². The molecule has 0 aliphatic rings. The molecular weight excluding hydrogens is 442 g/mol. The average Bonchev–Trinajstić information content (AvgIpc) is 2.77. The molecule has 4 N–H and O–H groups in total. The van der Waals surface area contributed by atoms with Crippen LogP contribution in [0.4, 0.5) is 0 Å². The smallest absolute Gasteiger partial charge is 0.254 e. The number of ketones is 1. The predicted molar refractivity (Wildman–Crippen MR) is 140 cm³/mol. The molecule has 7 heteroatoms. The Morgan fingerprint density at radius 3 is 2.06 bits per heavy atom. The Balaban J connectivity index is 2.32. The third-order valence-electron chi connectivity index (χ3n) is 5.82. The van der Waals surface area contributed by atoms with Crippen molar-refractivity contribution in [1.82, 2.24) is 10.6 Å². The number of carbonyl (C=O) groups excluding carboxylic acids is 2. The van der Waals surface area contributed by atoms with Gasteiger partial charge in [-0.2, -0.15) is 0 Å². The van der Waals surface area contributed by atoms with Crippen molar-refractivity contribution in [3.63, 3.8) is 0 Å². The fraction of sp³-hybridized carbons (Fsp3) is 0.464. The molecule has 0 atom stereocenters. The normalized spacial score (nSPS) is 11.8. The third kappa shape index (κ3) is 6.69. The molecule has 0 unspecified atom stereocenters. The van der Waals surface area contributed by atoms with Crippen LogP contribution in [0.2, 0.25) is 0 Å². The number of carbonyl (C=O) groups is 2. The summed E-state index contributed by atoms with van der Waals surface area (Å²) in [6, 6.07) is 6.93. The first-order chi connectivity index (χ1) is 16.2. The van der Waals surface area contributed by atoms with Gasteiger partial charge >= 0.3 is 0 Å². The first-order valence-corrected chi connectivity index (χ1v) is 11.9. The van der Waals surface area contributed by atoms with Gasteiger partial charge in [0.1, 0.15) is 11.5 Å². The molecular formula is C28H39N3O4. The van der Waals surface area contributed by atoms with Gasteiger partial charge in [-0.05, 0) is 53.1 Å². The Bertz CT molecular complexity index is 1070. The Kier molecular flexibility index (Phi) is 8.84. The zero-order chi connectivity index (χ0) is 26.6. The number of amides is 1. The Morgan fingerprint density at radius 1 is 1.03 bits per heavy atom. The van der Waals surface area contributed by atoms with Crippen molar-refractivity contribution in [2.24, 2.45) is 0 Å². The summed E-state index contributed by atoms with van der Waals surface area (Å²) < 4.78 is 5.64. The summed E-state index contributed by atoms with van der Waals surface area (Å²) in [5.74, 6) is 0.292. The van der Waals surface area contributed by atoms with Gasteiger partial charge in [0.2, 0.25) is 0 Å². The lowest BCUT2D eigenvalue weighted by molar-refractivity contribution is 0.0957. The number of phenolic OH excluding ortho intramolecular Hbond substituents is 1. The lowest BCUT2D eigenvalue weighted by atomic mass is 9.78. The summed E-state index contributed by atoms with van der Waals surface area (Å²) in [7, 11) is 1.54. The maximum Gasteiger partial charge on any atom is 0.254 e. The van der Waals surface area contributed by atoms with Gasteiger partial charge in [0.25, 0.3) is 5.91 Å². The molecule has 2 aromatic rings. The summed E-state index contributed by atoms with van der Waals surface area (Å²) in [5, 5.41) is 24.4. The molecule has 1 amide bonds. The van der Waals surface area contributed by atoms with E-state index in [9.17, 15) is 14.7 Å². The zero-order valence-electron chi connectivity index (χ0n) is 22.2. The molecule has 7 nitrogen and oxygen atoms in total. The highest BCUT2D eigenvalue weighted by molar-refractivity contribution is 5.99. The zero-order valence-corrected chi connectivity index (χ0v) is 22.2. The number of Topliss-reactive ketones (excluding diaryl/α,β-unsaturated/α-hetero) is 1. The van der Waals surface area contributed by atoms with E-state index in [0.717, 1.165) is 16.7 Å². The number of ether oxygens (including phenoxy) is 1. The summed E-state index contributed by atoms with van der Waals surface area (Å²) >= 11 is 0. The van der Waals surface area contributed by atoms with Crippen molar-refractivity contribution in [2.45, 2.75) is 65.8 Å². The van der Waals surface area contributed by atoms with E-state index in [2.05, 4.69) is 10.6 Å².